The summed E-state index contributed by atoms with van der Waals surface area (Å²) in [5.74, 6) is 0.376. The SMILES string of the molecule is CCOC(=O)C(C)(C)Oc1ccc(/C=C/c2ccc(OC(C)(C)C(=O)OCC)cc2)cc1. The van der Waals surface area contributed by atoms with Gasteiger partial charge in [0.2, 0.25) is 0 Å². The van der Waals surface area contributed by atoms with Crippen LogP contribution in [-0.4, -0.2) is 36.4 Å². The molecule has 0 atom stereocenters. The molecule has 2 aromatic carbocycles. The third kappa shape index (κ3) is 7.15. The fourth-order valence-corrected chi connectivity index (χ4v) is 2.77. The first-order chi connectivity index (χ1) is 15.1. The molecule has 0 saturated carbocycles. The molecule has 0 aromatic heterocycles. The monoisotopic (exact) mass is 440 g/mol. The van der Waals surface area contributed by atoms with E-state index in [-0.39, 0.29) is 0 Å². The predicted octanol–water partition coefficient (Wildman–Crippen LogP) is 5.30. The van der Waals surface area contributed by atoms with Gasteiger partial charge >= 0.3 is 11.9 Å². The zero-order valence-corrected chi connectivity index (χ0v) is 19.6. The molecule has 0 aliphatic rings. The second kappa shape index (κ2) is 10.8. The Morgan fingerprint density at radius 1 is 0.656 bits per heavy atom. The molecule has 0 saturated heterocycles. The molecule has 0 fully saturated rings. The number of ether oxygens (including phenoxy) is 4. The van der Waals surface area contributed by atoms with Crippen LogP contribution < -0.4 is 9.47 Å². The van der Waals surface area contributed by atoms with Crippen molar-refractivity contribution in [3.05, 3.63) is 59.7 Å². The van der Waals surface area contributed by atoms with Crippen molar-refractivity contribution in [1.82, 2.24) is 0 Å². The Morgan fingerprint density at radius 2 is 0.969 bits per heavy atom. The van der Waals surface area contributed by atoms with Crippen LogP contribution in [-0.2, 0) is 19.1 Å². The fourth-order valence-electron chi connectivity index (χ4n) is 2.77. The van der Waals surface area contributed by atoms with Gasteiger partial charge in [0.25, 0.3) is 0 Å². The van der Waals surface area contributed by atoms with Gasteiger partial charge in [-0.05, 0) is 76.9 Å². The molecule has 2 aromatic rings. The van der Waals surface area contributed by atoms with Crippen molar-refractivity contribution in [3.63, 3.8) is 0 Å². The van der Waals surface area contributed by atoms with Gasteiger partial charge in [-0.25, -0.2) is 9.59 Å². The highest BCUT2D eigenvalue weighted by molar-refractivity contribution is 5.79. The van der Waals surface area contributed by atoms with E-state index in [1.807, 2.05) is 60.7 Å². The van der Waals surface area contributed by atoms with E-state index in [4.69, 9.17) is 18.9 Å². The topological polar surface area (TPSA) is 71.1 Å². The van der Waals surface area contributed by atoms with Crippen LogP contribution in [0.2, 0.25) is 0 Å². The van der Waals surface area contributed by atoms with Crippen molar-refractivity contribution >= 4 is 24.1 Å². The molecule has 0 radical (unpaired) electrons. The second-order valence-corrected chi connectivity index (χ2v) is 8.14. The molecule has 0 spiro atoms. The number of carbonyl (C=O) groups is 2. The number of hydrogen-bond donors (Lipinski definition) is 0. The summed E-state index contributed by atoms with van der Waals surface area (Å²) in [7, 11) is 0. The third-order valence-electron chi connectivity index (χ3n) is 4.51. The number of benzene rings is 2. The van der Waals surface area contributed by atoms with Crippen molar-refractivity contribution in [2.24, 2.45) is 0 Å². The summed E-state index contributed by atoms with van der Waals surface area (Å²) < 4.78 is 21.6. The number of esters is 2. The van der Waals surface area contributed by atoms with Crippen molar-refractivity contribution in [2.45, 2.75) is 52.7 Å². The highest BCUT2D eigenvalue weighted by Crippen LogP contribution is 2.23. The first kappa shape index (κ1) is 25.0. The summed E-state index contributed by atoms with van der Waals surface area (Å²) in [6.45, 7) is 10.9. The minimum Gasteiger partial charge on any atom is -0.476 e. The third-order valence-corrected chi connectivity index (χ3v) is 4.51. The van der Waals surface area contributed by atoms with Gasteiger partial charge in [-0.15, -0.1) is 0 Å². The van der Waals surface area contributed by atoms with Gasteiger partial charge in [0.1, 0.15) is 11.5 Å². The highest BCUT2D eigenvalue weighted by Gasteiger charge is 2.32. The quantitative estimate of drug-likeness (QED) is 0.369. The van der Waals surface area contributed by atoms with E-state index in [9.17, 15) is 9.59 Å². The zero-order chi connectivity index (χ0) is 23.8. The standard InChI is InChI=1S/C26H32O6/c1-7-29-23(27)25(3,4)31-21-15-11-19(12-16-21)9-10-20-13-17-22(18-14-20)32-26(5,6)24(28)30-8-2/h9-18H,7-8H2,1-6H3/b10-9+. The smallest absolute Gasteiger partial charge is 0.349 e. The van der Waals surface area contributed by atoms with Gasteiger partial charge in [0, 0.05) is 0 Å². The maximum Gasteiger partial charge on any atom is 0.349 e. The van der Waals surface area contributed by atoms with Crippen LogP contribution in [0.3, 0.4) is 0 Å². The molecule has 0 heterocycles. The molecular formula is C26H32O6. The normalized spacial score (nSPS) is 11.8. The fraction of sp³-hybridized carbons (Fsp3) is 0.385. The number of carbonyl (C=O) groups excluding carboxylic acids is 2. The van der Waals surface area contributed by atoms with E-state index in [2.05, 4.69) is 0 Å². The predicted molar refractivity (Wildman–Crippen MR) is 124 cm³/mol. The minimum absolute atomic E-state index is 0.311. The van der Waals surface area contributed by atoms with Crippen LogP contribution in [0.15, 0.2) is 48.5 Å². The summed E-state index contributed by atoms with van der Waals surface area (Å²) in [6, 6.07) is 14.9. The van der Waals surface area contributed by atoms with Crippen LogP contribution in [0.25, 0.3) is 12.2 Å². The first-order valence-corrected chi connectivity index (χ1v) is 10.7. The van der Waals surface area contributed by atoms with Gasteiger partial charge in [0.05, 0.1) is 13.2 Å². The summed E-state index contributed by atoms with van der Waals surface area (Å²) in [6.07, 6.45) is 3.94. The van der Waals surface area contributed by atoms with Gasteiger partial charge in [-0.3, -0.25) is 0 Å². The second-order valence-electron chi connectivity index (χ2n) is 8.14. The largest absolute Gasteiger partial charge is 0.476 e. The van der Waals surface area contributed by atoms with E-state index in [1.165, 1.54) is 0 Å². The Morgan fingerprint density at radius 3 is 1.25 bits per heavy atom. The Hall–Kier alpha value is -3.28. The Bertz CT molecular complexity index is 846. The van der Waals surface area contributed by atoms with Crippen LogP contribution in [0.1, 0.15) is 52.7 Å². The molecule has 6 nitrogen and oxygen atoms in total. The van der Waals surface area contributed by atoms with Crippen LogP contribution in [0, 0.1) is 0 Å². The van der Waals surface area contributed by atoms with Gasteiger partial charge in [-0.1, -0.05) is 36.4 Å². The highest BCUT2D eigenvalue weighted by atomic mass is 16.6. The maximum atomic E-state index is 12.0. The van der Waals surface area contributed by atoms with E-state index in [1.54, 1.807) is 41.5 Å². The van der Waals surface area contributed by atoms with Crippen LogP contribution in [0.4, 0.5) is 0 Å². The average molecular weight is 441 g/mol. The van der Waals surface area contributed by atoms with Crippen molar-refractivity contribution in [2.75, 3.05) is 13.2 Å². The molecular weight excluding hydrogens is 408 g/mol. The van der Waals surface area contributed by atoms with Crippen LogP contribution >= 0.6 is 0 Å². The summed E-state index contributed by atoms with van der Waals surface area (Å²) >= 11 is 0. The molecule has 2 rings (SSSR count). The number of hydrogen-bond acceptors (Lipinski definition) is 6. The molecule has 0 aliphatic carbocycles. The lowest BCUT2D eigenvalue weighted by Crippen LogP contribution is -2.39. The number of rotatable bonds is 10. The van der Waals surface area contributed by atoms with Crippen LogP contribution in [0.5, 0.6) is 11.5 Å². The Labute approximate surface area is 190 Å². The molecule has 0 bridgehead atoms. The van der Waals surface area contributed by atoms with Gasteiger partial charge in [-0.2, -0.15) is 0 Å². The van der Waals surface area contributed by atoms with E-state index < -0.39 is 23.1 Å². The van der Waals surface area contributed by atoms with E-state index in [0.29, 0.717) is 24.7 Å². The van der Waals surface area contributed by atoms with E-state index >= 15 is 0 Å². The minimum atomic E-state index is -1.06. The van der Waals surface area contributed by atoms with Gasteiger partial charge in [0.15, 0.2) is 11.2 Å². The Kier molecular flexibility index (Phi) is 8.47. The molecule has 0 aliphatic heterocycles. The lowest BCUT2D eigenvalue weighted by molar-refractivity contribution is -0.159. The van der Waals surface area contributed by atoms with Crippen molar-refractivity contribution < 1.29 is 28.5 Å². The molecule has 172 valence electrons. The zero-order valence-electron chi connectivity index (χ0n) is 19.6. The summed E-state index contributed by atoms with van der Waals surface area (Å²) in [5.41, 5.74) is -0.150. The summed E-state index contributed by atoms with van der Waals surface area (Å²) in [5, 5.41) is 0. The molecule has 0 N–H and O–H groups in total. The van der Waals surface area contributed by atoms with Crippen molar-refractivity contribution in [3.8, 4) is 11.5 Å². The summed E-state index contributed by atoms with van der Waals surface area (Å²) in [4.78, 5) is 23.9. The molecule has 32 heavy (non-hydrogen) atoms. The van der Waals surface area contributed by atoms with E-state index in [0.717, 1.165) is 11.1 Å². The first-order valence-electron chi connectivity index (χ1n) is 10.7. The molecule has 0 unspecified atom stereocenters. The maximum absolute atomic E-state index is 12.0. The molecule has 0 amide bonds. The lowest BCUT2D eigenvalue weighted by atomic mass is 10.1. The lowest BCUT2D eigenvalue weighted by Gasteiger charge is -2.24. The average Bonchev–Trinajstić information content (AvgIpc) is 2.74. The Balaban J connectivity index is 1.98. The van der Waals surface area contributed by atoms with Gasteiger partial charge < -0.3 is 18.9 Å². The van der Waals surface area contributed by atoms with Crippen molar-refractivity contribution in [1.29, 1.82) is 0 Å². The molecule has 6 heteroatoms.